The predicted octanol–water partition coefficient (Wildman–Crippen LogP) is 3.58. The molecule has 0 heterocycles. The molecule has 0 spiro atoms. The van der Waals surface area contributed by atoms with E-state index in [9.17, 15) is 14.0 Å². The van der Waals surface area contributed by atoms with Gasteiger partial charge in [0.15, 0.2) is 0 Å². The van der Waals surface area contributed by atoms with Crippen LogP contribution in [-0.4, -0.2) is 29.3 Å². The van der Waals surface area contributed by atoms with E-state index in [4.69, 9.17) is 11.6 Å². The number of nitrogens with zero attached hydrogens (tertiary/aromatic N) is 1. The Morgan fingerprint density at radius 2 is 1.92 bits per heavy atom. The van der Waals surface area contributed by atoms with E-state index in [0.717, 1.165) is 5.56 Å². The zero-order valence-electron chi connectivity index (χ0n) is 14.8. The third kappa shape index (κ3) is 5.30. The summed E-state index contributed by atoms with van der Waals surface area (Å²) in [7, 11) is 0. The zero-order valence-corrected chi connectivity index (χ0v) is 15.6. The molecule has 0 saturated heterocycles. The lowest BCUT2D eigenvalue weighted by Crippen LogP contribution is -2.48. The van der Waals surface area contributed by atoms with Crippen molar-refractivity contribution in [2.45, 2.75) is 32.9 Å². The summed E-state index contributed by atoms with van der Waals surface area (Å²) in [6.45, 7) is 4.16. The van der Waals surface area contributed by atoms with E-state index in [1.54, 1.807) is 43.3 Å². The number of hydrogen-bond acceptors (Lipinski definition) is 2. The standard InChI is InChI=1S/C20H22ClFN2O2/c1-3-23-20(26)14(2)24(13-15-7-6-9-17(21)11-15)19(25)12-16-8-4-5-10-18(16)22/h4-11,14H,3,12-13H2,1-2H3,(H,23,26)/t14-/m0/s1. The van der Waals surface area contributed by atoms with Gasteiger partial charge in [-0.15, -0.1) is 0 Å². The second-order valence-electron chi connectivity index (χ2n) is 5.99. The Kier molecular flexibility index (Phi) is 7.16. The van der Waals surface area contributed by atoms with Gasteiger partial charge >= 0.3 is 0 Å². The van der Waals surface area contributed by atoms with Crippen molar-refractivity contribution in [3.8, 4) is 0 Å². The Hall–Kier alpha value is -2.40. The zero-order chi connectivity index (χ0) is 19.1. The van der Waals surface area contributed by atoms with E-state index in [2.05, 4.69) is 5.32 Å². The van der Waals surface area contributed by atoms with Gasteiger partial charge in [0.05, 0.1) is 6.42 Å². The summed E-state index contributed by atoms with van der Waals surface area (Å²) in [4.78, 5) is 26.6. The summed E-state index contributed by atoms with van der Waals surface area (Å²) in [5.74, 6) is -1.01. The van der Waals surface area contributed by atoms with Crippen LogP contribution in [0.4, 0.5) is 4.39 Å². The lowest BCUT2D eigenvalue weighted by atomic mass is 10.1. The van der Waals surface area contributed by atoms with Crippen LogP contribution in [-0.2, 0) is 22.6 Å². The molecule has 6 heteroatoms. The largest absolute Gasteiger partial charge is 0.355 e. The lowest BCUT2D eigenvalue weighted by Gasteiger charge is -2.29. The molecule has 0 unspecified atom stereocenters. The van der Waals surface area contributed by atoms with E-state index in [0.29, 0.717) is 17.1 Å². The second kappa shape index (κ2) is 9.34. The summed E-state index contributed by atoms with van der Waals surface area (Å²) >= 11 is 6.02. The summed E-state index contributed by atoms with van der Waals surface area (Å²) in [6.07, 6.45) is -0.114. The van der Waals surface area contributed by atoms with E-state index >= 15 is 0 Å². The topological polar surface area (TPSA) is 49.4 Å². The fraction of sp³-hybridized carbons (Fsp3) is 0.300. The highest BCUT2D eigenvalue weighted by atomic mass is 35.5. The molecular formula is C20H22ClFN2O2. The van der Waals surface area contributed by atoms with Crippen LogP contribution in [0.15, 0.2) is 48.5 Å². The molecule has 0 radical (unpaired) electrons. The van der Waals surface area contributed by atoms with Crippen molar-refractivity contribution in [1.82, 2.24) is 10.2 Å². The molecule has 0 aromatic heterocycles. The van der Waals surface area contributed by atoms with Crippen LogP contribution >= 0.6 is 11.6 Å². The Balaban J connectivity index is 2.25. The second-order valence-corrected chi connectivity index (χ2v) is 6.43. The average Bonchev–Trinajstić information content (AvgIpc) is 2.61. The fourth-order valence-electron chi connectivity index (χ4n) is 2.64. The molecule has 0 saturated carbocycles. The maximum Gasteiger partial charge on any atom is 0.242 e. The molecule has 1 N–H and O–H groups in total. The Labute approximate surface area is 158 Å². The highest BCUT2D eigenvalue weighted by Crippen LogP contribution is 2.17. The maximum absolute atomic E-state index is 13.9. The van der Waals surface area contributed by atoms with E-state index in [-0.39, 0.29) is 24.8 Å². The maximum atomic E-state index is 13.9. The molecular weight excluding hydrogens is 355 g/mol. The molecule has 1 atom stereocenters. The first-order chi connectivity index (χ1) is 12.4. The van der Waals surface area contributed by atoms with Crippen LogP contribution in [0.3, 0.4) is 0 Å². The quantitative estimate of drug-likeness (QED) is 0.803. The van der Waals surface area contributed by atoms with Crippen molar-refractivity contribution in [3.05, 3.63) is 70.5 Å². The monoisotopic (exact) mass is 376 g/mol. The normalized spacial score (nSPS) is 11.7. The van der Waals surface area contributed by atoms with Gasteiger partial charge in [0.2, 0.25) is 11.8 Å². The molecule has 138 valence electrons. The highest BCUT2D eigenvalue weighted by Gasteiger charge is 2.26. The Bertz CT molecular complexity index is 782. The first kappa shape index (κ1) is 19.9. The van der Waals surface area contributed by atoms with Crippen molar-refractivity contribution in [2.75, 3.05) is 6.54 Å². The van der Waals surface area contributed by atoms with Crippen molar-refractivity contribution in [1.29, 1.82) is 0 Å². The first-order valence-corrected chi connectivity index (χ1v) is 8.85. The number of rotatable bonds is 7. The van der Waals surface area contributed by atoms with Crippen molar-refractivity contribution in [2.24, 2.45) is 0 Å². The van der Waals surface area contributed by atoms with Gasteiger partial charge in [0.1, 0.15) is 11.9 Å². The number of carbonyl (C=O) groups excluding carboxylic acids is 2. The molecule has 0 bridgehead atoms. The molecule has 4 nitrogen and oxygen atoms in total. The summed E-state index contributed by atoms with van der Waals surface area (Å²) in [5.41, 5.74) is 1.10. The molecule has 0 aliphatic heterocycles. The third-order valence-corrected chi connectivity index (χ3v) is 4.29. The molecule has 2 amide bonds. The van der Waals surface area contributed by atoms with E-state index in [1.807, 2.05) is 13.0 Å². The number of nitrogens with one attached hydrogen (secondary N) is 1. The number of amides is 2. The van der Waals surface area contributed by atoms with Gasteiger partial charge in [-0.05, 0) is 43.2 Å². The predicted molar refractivity (Wildman–Crippen MR) is 100 cm³/mol. The minimum atomic E-state index is -0.687. The minimum Gasteiger partial charge on any atom is -0.355 e. The van der Waals surface area contributed by atoms with Gasteiger partial charge in [-0.3, -0.25) is 9.59 Å². The van der Waals surface area contributed by atoms with Crippen LogP contribution in [0.25, 0.3) is 0 Å². The molecule has 26 heavy (non-hydrogen) atoms. The average molecular weight is 377 g/mol. The van der Waals surface area contributed by atoms with Crippen LogP contribution in [0.1, 0.15) is 25.0 Å². The first-order valence-electron chi connectivity index (χ1n) is 8.47. The van der Waals surface area contributed by atoms with Gasteiger partial charge in [-0.1, -0.05) is 41.9 Å². The SMILES string of the molecule is CCNC(=O)[C@H](C)N(Cc1cccc(Cl)c1)C(=O)Cc1ccccc1F. The van der Waals surface area contributed by atoms with Crippen LogP contribution in [0.5, 0.6) is 0 Å². The van der Waals surface area contributed by atoms with Gasteiger partial charge in [-0.2, -0.15) is 0 Å². The van der Waals surface area contributed by atoms with Gasteiger partial charge in [-0.25, -0.2) is 4.39 Å². The van der Waals surface area contributed by atoms with Gasteiger partial charge in [0.25, 0.3) is 0 Å². The summed E-state index contributed by atoms with van der Waals surface area (Å²) < 4.78 is 13.9. The minimum absolute atomic E-state index is 0.114. The molecule has 2 aromatic carbocycles. The van der Waals surface area contributed by atoms with Gasteiger partial charge < -0.3 is 10.2 Å². The molecule has 0 fully saturated rings. The van der Waals surface area contributed by atoms with Crippen molar-refractivity contribution < 1.29 is 14.0 Å². The van der Waals surface area contributed by atoms with Crippen molar-refractivity contribution >= 4 is 23.4 Å². The molecule has 2 aromatic rings. The fourth-order valence-corrected chi connectivity index (χ4v) is 2.86. The third-order valence-electron chi connectivity index (χ3n) is 4.06. The van der Waals surface area contributed by atoms with E-state index < -0.39 is 11.9 Å². The van der Waals surface area contributed by atoms with Crippen LogP contribution in [0, 0.1) is 5.82 Å². The highest BCUT2D eigenvalue weighted by molar-refractivity contribution is 6.30. The number of benzene rings is 2. The number of hydrogen-bond donors (Lipinski definition) is 1. The molecule has 0 aliphatic rings. The van der Waals surface area contributed by atoms with Gasteiger partial charge in [0, 0.05) is 18.1 Å². The van der Waals surface area contributed by atoms with Crippen LogP contribution < -0.4 is 5.32 Å². The molecule has 0 aliphatic carbocycles. The number of halogens is 2. The Morgan fingerprint density at radius 3 is 2.58 bits per heavy atom. The van der Waals surface area contributed by atoms with Crippen molar-refractivity contribution in [3.63, 3.8) is 0 Å². The number of carbonyl (C=O) groups is 2. The van der Waals surface area contributed by atoms with Crippen LogP contribution in [0.2, 0.25) is 5.02 Å². The Morgan fingerprint density at radius 1 is 1.19 bits per heavy atom. The summed E-state index contributed by atoms with van der Waals surface area (Å²) in [5, 5.41) is 3.27. The summed E-state index contributed by atoms with van der Waals surface area (Å²) in [6, 6.07) is 12.6. The van der Waals surface area contributed by atoms with E-state index in [1.165, 1.54) is 11.0 Å². The smallest absolute Gasteiger partial charge is 0.242 e. The lowest BCUT2D eigenvalue weighted by molar-refractivity contribution is -0.140. The number of likely N-dealkylation sites (N-methyl/N-ethyl adjacent to an activating group) is 1. The molecule has 2 rings (SSSR count).